The summed E-state index contributed by atoms with van der Waals surface area (Å²) in [6.45, 7) is 3.13. The molecule has 0 bridgehead atoms. The normalized spacial score (nSPS) is 24.3. The number of hydrogen-bond donors (Lipinski definition) is 2. The number of likely N-dealkylation sites (tertiary alicyclic amines) is 1. The molecule has 16 heteroatoms. The Morgan fingerprint density at radius 2 is 1.58 bits per heavy atom. The third kappa shape index (κ3) is 7.03. The Hall–Kier alpha value is -5.35. The van der Waals surface area contributed by atoms with E-state index >= 15 is 8.78 Å². The van der Waals surface area contributed by atoms with E-state index in [-0.39, 0.29) is 65.0 Å². The van der Waals surface area contributed by atoms with Crippen LogP contribution in [0.15, 0.2) is 42.5 Å². The lowest BCUT2D eigenvalue weighted by Crippen LogP contribution is -2.54. The molecular weight excluding hydrogens is 774 g/mol. The van der Waals surface area contributed by atoms with E-state index < -0.39 is 66.4 Å². The molecule has 12 nitrogen and oxygen atoms in total. The molecule has 1 aliphatic carbocycles. The number of phenolic OH excluding ortho intramolecular Hbond substituents is 1. The molecule has 0 aromatic heterocycles. The van der Waals surface area contributed by atoms with Gasteiger partial charge in [0.2, 0.25) is 17.7 Å². The Bertz CT molecular complexity index is 2220. The van der Waals surface area contributed by atoms with Crippen LogP contribution in [0.3, 0.4) is 0 Å². The number of rotatable bonds is 8. The second kappa shape index (κ2) is 14.7. The molecule has 59 heavy (non-hydrogen) atoms. The quantitative estimate of drug-likeness (QED) is 0.242. The van der Waals surface area contributed by atoms with E-state index in [9.17, 15) is 37.9 Å². The monoisotopic (exact) mass is 817 g/mol. The molecular formula is C43H43F4N5O7. The van der Waals surface area contributed by atoms with Crippen molar-refractivity contribution in [3.63, 3.8) is 0 Å². The van der Waals surface area contributed by atoms with Crippen LogP contribution in [-0.4, -0.2) is 105 Å². The highest BCUT2D eigenvalue weighted by atomic mass is 19.3. The molecule has 1 saturated carbocycles. The van der Waals surface area contributed by atoms with Gasteiger partial charge in [-0.2, -0.15) is 0 Å². The van der Waals surface area contributed by atoms with Crippen LogP contribution in [0.4, 0.5) is 17.6 Å². The summed E-state index contributed by atoms with van der Waals surface area (Å²) in [6.07, 6.45) is 0.258. The fraction of sp³-hybridized carbons (Fsp3) is 0.465. The SMILES string of the molecule is C[C@@H]1Cc2cc(O)ccc2[C@H](c2c(F)cc(OC3CC4(CCN(C(=O)CN5Cc6cc7c(cc6C5)C(=O)N(C5CCC(=O)NC5=O)C7=O)CC4)C3)cc2F)N1CC(F)F. The van der Waals surface area contributed by atoms with Crippen molar-refractivity contribution in [2.75, 3.05) is 26.2 Å². The maximum Gasteiger partial charge on any atom is 0.262 e. The Balaban J connectivity index is 0.784. The van der Waals surface area contributed by atoms with Crippen molar-refractivity contribution in [2.24, 2.45) is 5.41 Å². The number of phenols is 1. The van der Waals surface area contributed by atoms with Gasteiger partial charge in [-0.1, -0.05) is 6.07 Å². The number of hydrogen-bond acceptors (Lipinski definition) is 9. The second-order valence-corrected chi connectivity index (χ2v) is 17.0. The van der Waals surface area contributed by atoms with Crippen molar-refractivity contribution in [2.45, 2.75) is 95.6 Å². The number of ether oxygens (including phenoxy) is 1. The number of alkyl halides is 2. The van der Waals surface area contributed by atoms with Crippen LogP contribution in [0, 0.1) is 17.0 Å². The lowest BCUT2D eigenvalue weighted by atomic mass is 9.61. The van der Waals surface area contributed by atoms with Gasteiger partial charge in [0, 0.05) is 56.3 Å². The van der Waals surface area contributed by atoms with Gasteiger partial charge in [0.05, 0.1) is 36.4 Å². The van der Waals surface area contributed by atoms with Crippen LogP contribution in [0.2, 0.25) is 0 Å². The fourth-order valence-electron chi connectivity index (χ4n) is 10.2. The summed E-state index contributed by atoms with van der Waals surface area (Å²) in [5, 5.41) is 12.2. The number of benzene rings is 3. The van der Waals surface area contributed by atoms with E-state index in [0.29, 0.717) is 56.6 Å². The Labute approximate surface area is 337 Å². The highest BCUT2D eigenvalue weighted by Gasteiger charge is 2.49. The molecule has 3 atom stereocenters. The minimum atomic E-state index is -2.72. The third-order valence-electron chi connectivity index (χ3n) is 13.2. The van der Waals surface area contributed by atoms with E-state index in [4.69, 9.17) is 4.74 Å². The van der Waals surface area contributed by atoms with Crippen LogP contribution in [0.25, 0.3) is 0 Å². The standard InChI is InChI=1S/C43H43F4N5O7/c1-22-10-23-11-26(53)2-3-29(23)39(51(22)20-35(46)47)38-32(44)14-27(15-33(38)45)59-28-16-43(17-28)6-8-50(9-7-43)37(55)21-49-18-24-12-30-31(13-25(24)19-49)42(58)52(41(30)57)34-4-5-36(54)48-40(34)56/h2-3,11-15,22,28,34-35,39,53H,4-10,16-21H2,1H3,(H,48,54,56)/t22-,34?,39-/m1/s1. The molecule has 5 heterocycles. The molecule has 0 radical (unpaired) electrons. The van der Waals surface area contributed by atoms with Gasteiger partial charge in [-0.25, -0.2) is 17.6 Å². The predicted octanol–water partition coefficient (Wildman–Crippen LogP) is 4.84. The number of fused-ring (bicyclic) bond motifs is 3. The molecule has 1 spiro atoms. The van der Waals surface area contributed by atoms with Crippen LogP contribution < -0.4 is 10.1 Å². The second-order valence-electron chi connectivity index (χ2n) is 17.0. The zero-order valence-corrected chi connectivity index (χ0v) is 32.3. The first-order chi connectivity index (χ1) is 28.2. The molecule has 2 saturated heterocycles. The summed E-state index contributed by atoms with van der Waals surface area (Å²) in [4.78, 5) is 70.2. The number of piperidine rings is 2. The Morgan fingerprint density at radius 3 is 2.19 bits per heavy atom. The number of carbonyl (C=O) groups excluding carboxylic acids is 5. The summed E-state index contributed by atoms with van der Waals surface area (Å²) in [7, 11) is 0. The van der Waals surface area contributed by atoms with Gasteiger partial charge in [0.25, 0.3) is 18.2 Å². The molecule has 310 valence electrons. The van der Waals surface area contributed by atoms with Gasteiger partial charge in [-0.3, -0.25) is 44.0 Å². The zero-order valence-electron chi connectivity index (χ0n) is 32.3. The van der Waals surface area contributed by atoms with E-state index in [2.05, 4.69) is 5.32 Å². The van der Waals surface area contributed by atoms with E-state index in [0.717, 1.165) is 41.0 Å². The van der Waals surface area contributed by atoms with Crippen LogP contribution in [0.1, 0.15) is 100 Å². The van der Waals surface area contributed by atoms with Crippen LogP contribution in [-0.2, 0) is 33.9 Å². The van der Waals surface area contributed by atoms with E-state index in [1.807, 2.05) is 9.80 Å². The van der Waals surface area contributed by atoms with Crippen molar-refractivity contribution in [3.05, 3.63) is 93.0 Å². The smallest absolute Gasteiger partial charge is 0.262 e. The summed E-state index contributed by atoms with van der Waals surface area (Å²) >= 11 is 0. The lowest BCUT2D eigenvalue weighted by Gasteiger charge is -2.51. The average Bonchev–Trinajstić information content (AvgIpc) is 3.66. The minimum absolute atomic E-state index is 0.0147. The molecule has 3 aromatic rings. The van der Waals surface area contributed by atoms with Crippen molar-refractivity contribution < 1.29 is 51.4 Å². The highest BCUT2D eigenvalue weighted by Crippen LogP contribution is 2.51. The number of imide groups is 2. The third-order valence-corrected chi connectivity index (χ3v) is 13.2. The Kier molecular flexibility index (Phi) is 9.77. The fourth-order valence-corrected chi connectivity index (χ4v) is 10.2. The molecule has 6 aliphatic rings. The van der Waals surface area contributed by atoms with E-state index in [1.54, 1.807) is 19.1 Å². The summed E-state index contributed by atoms with van der Waals surface area (Å²) in [5.74, 6) is -4.07. The summed E-state index contributed by atoms with van der Waals surface area (Å²) in [5.41, 5.74) is 2.79. The van der Waals surface area contributed by atoms with Gasteiger partial charge in [-0.15, -0.1) is 0 Å². The summed E-state index contributed by atoms with van der Waals surface area (Å²) < 4.78 is 65.2. The highest BCUT2D eigenvalue weighted by molar-refractivity contribution is 6.23. The van der Waals surface area contributed by atoms with Crippen LogP contribution in [0.5, 0.6) is 11.5 Å². The number of amides is 5. The maximum atomic E-state index is 15.9. The van der Waals surface area contributed by atoms with Gasteiger partial charge in [0.15, 0.2) is 0 Å². The van der Waals surface area contributed by atoms with Crippen molar-refractivity contribution in [3.8, 4) is 11.5 Å². The number of nitrogens with zero attached hydrogens (tertiary/aromatic N) is 4. The number of aromatic hydroxyl groups is 1. The molecule has 9 rings (SSSR count). The van der Waals surface area contributed by atoms with Gasteiger partial charge in [0.1, 0.15) is 29.2 Å². The van der Waals surface area contributed by atoms with Crippen molar-refractivity contribution in [1.29, 1.82) is 0 Å². The van der Waals surface area contributed by atoms with Crippen molar-refractivity contribution >= 4 is 29.5 Å². The van der Waals surface area contributed by atoms with Gasteiger partial charge >= 0.3 is 0 Å². The van der Waals surface area contributed by atoms with Crippen LogP contribution >= 0.6 is 0 Å². The largest absolute Gasteiger partial charge is 0.508 e. The first-order valence-electron chi connectivity index (χ1n) is 20.1. The summed E-state index contributed by atoms with van der Waals surface area (Å²) in [6, 6.07) is 7.38. The van der Waals surface area contributed by atoms with Gasteiger partial charge < -0.3 is 14.7 Å². The molecule has 1 unspecified atom stereocenters. The zero-order chi connectivity index (χ0) is 41.5. The average molecular weight is 818 g/mol. The maximum absolute atomic E-state index is 15.9. The Morgan fingerprint density at radius 1 is 0.932 bits per heavy atom. The van der Waals surface area contributed by atoms with Crippen molar-refractivity contribution in [1.82, 2.24) is 24.9 Å². The molecule has 3 aromatic carbocycles. The van der Waals surface area contributed by atoms with Gasteiger partial charge in [-0.05, 0) is 97.4 Å². The molecule has 5 aliphatic heterocycles. The number of halogens is 4. The number of nitrogens with one attached hydrogen (secondary N) is 1. The minimum Gasteiger partial charge on any atom is -0.508 e. The lowest BCUT2D eigenvalue weighted by molar-refractivity contribution is -0.138. The van der Waals surface area contributed by atoms with E-state index in [1.165, 1.54) is 23.1 Å². The predicted molar refractivity (Wildman–Crippen MR) is 201 cm³/mol. The molecule has 3 fully saturated rings. The topological polar surface area (TPSA) is 140 Å². The number of carbonyl (C=O) groups is 5. The first kappa shape index (κ1) is 39.1. The molecule has 5 amide bonds. The molecule has 2 N–H and O–H groups in total. The first-order valence-corrected chi connectivity index (χ1v) is 20.1.